The third kappa shape index (κ3) is 2.94. The highest BCUT2D eigenvalue weighted by atomic mass is 127. The van der Waals surface area contributed by atoms with Crippen LogP contribution in [0.1, 0.15) is 19.4 Å². The summed E-state index contributed by atoms with van der Waals surface area (Å²) in [6, 6.07) is -0.00605. The number of H-pyrrole nitrogens is 1. The Hall–Kier alpha value is -1.20. The zero-order chi connectivity index (χ0) is 14.7. The zero-order valence-electron chi connectivity index (χ0n) is 11.1. The highest BCUT2D eigenvalue weighted by Gasteiger charge is 2.17. The van der Waals surface area contributed by atoms with Gasteiger partial charge in [-0.2, -0.15) is 4.98 Å². The predicted molar refractivity (Wildman–Crippen MR) is 83.0 cm³/mol. The first-order valence-electron chi connectivity index (χ1n) is 6.07. The lowest BCUT2D eigenvalue weighted by molar-refractivity contribution is 0.0348. The van der Waals surface area contributed by atoms with E-state index < -0.39 is 0 Å². The Morgan fingerprint density at radius 2 is 2.40 bits per heavy atom. The zero-order valence-corrected chi connectivity index (χ0v) is 13.3. The smallest absolute Gasteiger partial charge is 0.280 e. The number of halogens is 1. The maximum atomic E-state index is 11.8. The van der Waals surface area contributed by atoms with E-state index in [1.165, 1.54) is 0 Å². The molecule has 110 valence electrons. The number of rotatable bonds is 6. The molecule has 2 aromatic rings. The maximum Gasteiger partial charge on any atom is 0.280 e. The summed E-state index contributed by atoms with van der Waals surface area (Å²) in [4.78, 5) is 22.9. The van der Waals surface area contributed by atoms with E-state index in [9.17, 15) is 9.90 Å². The van der Waals surface area contributed by atoms with Gasteiger partial charge < -0.3 is 14.4 Å². The quantitative estimate of drug-likeness (QED) is 0.496. The molecule has 0 aliphatic carbocycles. The standard InChI is InChI=1S/C11H16IN5O3/c1-6(3-7(4-18)20-2)17-5-13-8-9(17)14-11(16-12)15-10(8)19/h5-7,18H,3-4H2,1-2H3,(H2,14,15,16,19). The molecule has 0 aromatic carbocycles. The monoisotopic (exact) mass is 393 g/mol. The Balaban J connectivity index is 2.39. The molecule has 2 unspecified atom stereocenters. The summed E-state index contributed by atoms with van der Waals surface area (Å²) in [5.41, 5.74) is 0.518. The minimum absolute atomic E-state index is 0.00605. The van der Waals surface area contributed by atoms with Gasteiger partial charge in [0.1, 0.15) is 0 Å². The minimum Gasteiger partial charge on any atom is -0.394 e. The van der Waals surface area contributed by atoms with Crippen LogP contribution in [0, 0.1) is 0 Å². The molecule has 8 nitrogen and oxygen atoms in total. The third-order valence-corrected chi connectivity index (χ3v) is 3.65. The van der Waals surface area contributed by atoms with Crippen molar-refractivity contribution in [2.24, 2.45) is 0 Å². The number of aromatic amines is 1. The lowest BCUT2D eigenvalue weighted by Crippen LogP contribution is -2.21. The average Bonchev–Trinajstić information content (AvgIpc) is 2.88. The molecule has 9 heteroatoms. The number of imidazole rings is 1. The first kappa shape index (κ1) is 15.2. The predicted octanol–water partition coefficient (Wildman–Crippen LogP) is 0.840. The largest absolute Gasteiger partial charge is 0.394 e. The summed E-state index contributed by atoms with van der Waals surface area (Å²) in [6.45, 7) is 1.91. The van der Waals surface area contributed by atoms with Crippen LogP contribution in [-0.4, -0.2) is 44.4 Å². The average molecular weight is 393 g/mol. The summed E-state index contributed by atoms with van der Waals surface area (Å²) in [7, 11) is 1.56. The van der Waals surface area contributed by atoms with Crippen LogP contribution in [0.4, 0.5) is 5.95 Å². The summed E-state index contributed by atoms with van der Waals surface area (Å²) in [5.74, 6) is 0.377. The van der Waals surface area contributed by atoms with Crippen molar-refractivity contribution in [3.8, 4) is 0 Å². The van der Waals surface area contributed by atoms with Gasteiger partial charge in [-0.05, 0) is 13.3 Å². The molecule has 0 saturated heterocycles. The van der Waals surface area contributed by atoms with Crippen LogP contribution in [-0.2, 0) is 4.74 Å². The van der Waals surface area contributed by atoms with E-state index in [0.29, 0.717) is 23.5 Å². The van der Waals surface area contributed by atoms with Gasteiger partial charge >= 0.3 is 0 Å². The number of anilines is 1. The molecule has 3 N–H and O–H groups in total. The molecule has 0 amide bonds. The number of nitrogens with one attached hydrogen (secondary N) is 2. The molecule has 0 radical (unpaired) electrons. The molecule has 0 saturated carbocycles. The van der Waals surface area contributed by atoms with Crippen molar-refractivity contribution in [1.82, 2.24) is 19.5 Å². The number of fused-ring (bicyclic) bond motifs is 1. The van der Waals surface area contributed by atoms with Crippen molar-refractivity contribution in [1.29, 1.82) is 0 Å². The van der Waals surface area contributed by atoms with Gasteiger partial charge in [0.25, 0.3) is 5.56 Å². The van der Waals surface area contributed by atoms with Crippen molar-refractivity contribution >= 4 is 40.0 Å². The number of methoxy groups -OCH3 is 1. The third-order valence-electron chi connectivity index (χ3n) is 3.14. The summed E-state index contributed by atoms with van der Waals surface area (Å²) >= 11 is 1.90. The molecule has 2 rings (SSSR count). The second-order valence-electron chi connectivity index (χ2n) is 4.46. The first-order chi connectivity index (χ1) is 9.60. The van der Waals surface area contributed by atoms with Gasteiger partial charge in [-0.3, -0.25) is 13.3 Å². The molecule has 0 bridgehead atoms. The number of hydrogen-bond donors (Lipinski definition) is 3. The first-order valence-corrected chi connectivity index (χ1v) is 7.15. The number of hydrogen-bond acceptors (Lipinski definition) is 6. The van der Waals surface area contributed by atoms with Crippen molar-refractivity contribution < 1.29 is 9.84 Å². The molecule has 2 atom stereocenters. The number of ether oxygens (including phenoxy) is 1. The Bertz CT molecular complexity index is 637. The Kier molecular flexibility index (Phi) is 4.94. The topological polar surface area (TPSA) is 105 Å². The van der Waals surface area contributed by atoms with Crippen molar-refractivity contribution in [2.45, 2.75) is 25.5 Å². The molecular weight excluding hydrogens is 377 g/mol. The van der Waals surface area contributed by atoms with E-state index in [0.717, 1.165) is 0 Å². The van der Waals surface area contributed by atoms with E-state index in [2.05, 4.69) is 18.5 Å². The van der Waals surface area contributed by atoms with Gasteiger partial charge in [0.05, 0.1) is 41.9 Å². The number of nitrogens with zero attached hydrogens (tertiary/aromatic N) is 3. The molecule has 20 heavy (non-hydrogen) atoms. The number of aromatic nitrogens is 4. The Morgan fingerprint density at radius 3 is 3.00 bits per heavy atom. The maximum absolute atomic E-state index is 11.8. The van der Waals surface area contributed by atoms with Gasteiger partial charge in [-0.15, -0.1) is 0 Å². The van der Waals surface area contributed by atoms with E-state index in [4.69, 9.17) is 4.74 Å². The normalized spacial score (nSPS) is 14.4. The van der Waals surface area contributed by atoms with Crippen LogP contribution in [0.25, 0.3) is 11.2 Å². The SMILES string of the molecule is COC(CO)CC(C)n1cnc2c(=O)[nH]c(NI)nc21. The summed E-state index contributed by atoms with van der Waals surface area (Å²) in [5, 5.41) is 9.18. The fraction of sp³-hybridized carbons (Fsp3) is 0.545. The van der Waals surface area contributed by atoms with Crippen molar-refractivity contribution in [3.63, 3.8) is 0 Å². The van der Waals surface area contributed by atoms with E-state index >= 15 is 0 Å². The molecule has 0 aliphatic rings. The second kappa shape index (κ2) is 6.50. The van der Waals surface area contributed by atoms with Crippen molar-refractivity contribution in [2.75, 3.05) is 17.2 Å². The van der Waals surface area contributed by atoms with Gasteiger partial charge in [-0.25, -0.2) is 4.98 Å². The van der Waals surface area contributed by atoms with Gasteiger partial charge in [0, 0.05) is 13.2 Å². The van der Waals surface area contributed by atoms with Crippen LogP contribution in [0.15, 0.2) is 11.1 Å². The van der Waals surface area contributed by atoms with E-state index in [1.807, 2.05) is 34.4 Å². The number of aliphatic hydroxyl groups is 1. The summed E-state index contributed by atoms with van der Waals surface area (Å²) in [6.07, 6.45) is 1.92. The lowest BCUT2D eigenvalue weighted by atomic mass is 10.1. The molecule has 0 aliphatic heterocycles. The lowest BCUT2D eigenvalue weighted by Gasteiger charge is -2.19. The molecule has 0 spiro atoms. The fourth-order valence-electron chi connectivity index (χ4n) is 2.03. The summed E-state index contributed by atoms with van der Waals surface area (Å²) < 4.78 is 9.75. The van der Waals surface area contributed by atoms with Gasteiger partial charge in [0.15, 0.2) is 11.2 Å². The van der Waals surface area contributed by atoms with E-state index in [1.54, 1.807) is 13.4 Å². The number of aliphatic hydroxyl groups excluding tert-OH is 1. The fourth-order valence-corrected chi connectivity index (χ4v) is 2.29. The Labute approximate surface area is 129 Å². The van der Waals surface area contributed by atoms with Crippen LogP contribution in [0.2, 0.25) is 0 Å². The highest BCUT2D eigenvalue weighted by molar-refractivity contribution is 14.1. The minimum atomic E-state index is -0.287. The van der Waals surface area contributed by atoms with E-state index in [-0.39, 0.29) is 24.3 Å². The van der Waals surface area contributed by atoms with Crippen LogP contribution in [0.5, 0.6) is 0 Å². The van der Waals surface area contributed by atoms with Crippen LogP contribution >= 0.6 is 22.9 Å². The second-order valence-corrected chi connectivity index (χ2v) is 5.00. The Morgan fingerprint density at radius 1 is 1.65 bits per heavy atom. The molecule has 2 aromatic heterocycles. The van der Waals surface area contributed by atoms with Crippen LogP contribution < -0.4 is 9.09 Å². The van der Waals surface area contributed by atoms with Gasteiger partial charge in [-0.1, -0.05) is 0 Å². The highest BCUT2D eigenvalue weighted by Crippen LogP contribution is 2.19. The molecular formula is C11H16IN5O3. The van der Waals surface area contributed by atoms with Crippen molar-refractivity contribution in [3.05, 3.63) is 16.7 Å². The molecule has 2 heterocycles. The molecule has 0 fully saturated rings. The van der Waals surface area contributed by atoms with Gasteiger partial charge in [0.2, 0.25) is 5.95 Å². The van der Waals surface area contributed by atoms with Crippen LogP contribution in [0.3, 0.4) is 0 Å².